The fourth-order valence-corrected chi connectivity index (χ4v) is 0.948. The van der Waals surface area contributed by atoms with Gasteiger partial charge in [-0.3, -0.25) is 5.10 Å². The Morgan fingerprint density at radius 2 is 2.30 bits per heavy atom. The summed E-state index contributed by atoms with van der Waals surface area (Å²) in [6, 6.07) is 2.08. The van der Waals surface area contributed by atoms with Crippen LogP contribution in [0, 0.1) is 12.8 Å². The van der Waals surface area contributed by atoms with Crippen LogP contribution in [0.25, 0.3) is 0 Å². The van der Waals surface area contributed by atoms with Crippen LogP contribution in [0.4, 0.5) is 0 Å². The predicted molar refractivity (Wildman–Crippen MR) is 41.6 cm³/mol. The van der Waals surface area contributed by atoms with E-state index in [1.165, 1.54) is 11.6 Å². The number of nitrogens with one attached hydrogen (secondary N) is 1. The minimum absolute atomic E-state index is 1.01. The molecule has 1 aromatic heterocycles. The first-order valence-electron chi connectivity index (χ1n) is 3.48. The molecule has 0 unspecified atom stereocenters. The zero-order valence-electron chi connectivity index (χ0n) is 6.73. The van der Waals surface area contributed by atoms with E-state index < -0.39 is 0 Å². The lowest BCUT2D eigenvalue weighted by atomic mass is 10.1. The van der Waals surface area contributed by atoms with E-state index in [9.17, 15) is 0 Å². The molecule has 0 fully saturated rings. The van der Waals surface area contributed by atoms with Gasteiger partial charge in [0.1, 0.15) is 0 Å². The summed E-state index contributed by atoms with van der Waals surface area (Å²) in [7, 11) is 0. The highest BCUT2D eigenvalue weighted by atomic mass is 15.1. The third-order valence-electron chi connectivity index (χ3n) is 1.30. The molecule has 55 valence electrons. The second kappa shape index (κ2) is 2.86. The maximum atomic E-state index is 4.03. The van der Waals surface area contributed by atoms with Crippen LogP contribution >= 0.6 is 0 Å². The molecule has 0 saturated heterocycles. The topological polar surface area (TPSA) is 28.7 Å². The number of rotatable bonds is 2. The van der Waals surface area contributed by atoms with Gasteiger partial charge in [0.25, 0.3) is 0 Å². The molecule has 1 heterocycles. The van der Waals surface area contributed by atoms with E-state index in [-0.39, 0.29) is 0 Å². The van der Waals surface area contributed by atoms with E-state index in [1.54, 1.807) is 0 Å². The lowest BCUT2D eigenvalue weighted by molar-refractivity contribution is 0.894. The van der Waals surface area contributed by atoms with Crippen molar-refractivity contribution in [1.82, 2.24) is 10.2 Å². The normalized spacial score (nSPS) is 10.8. The summed E-state index contributed by atoms with van der Waals surface area (Å²) in [5.41, 5.74) is 2.27. The molecule has 0 aliphatic heterocycles. The van der Waals surface area contributed by atoms with Gasteiger partial charge in [0.15, 0.2) is 0 Å². The standard InChI is InChI=1S/C8H13N2/c1-6(2)4-8-5-7(3)9-10-8/h5H,4H2,1-3H3,(H,9,10). The van der Waals surface area contributed by atoms with Gasteiger partial charge in [-0.05, 0) is 25.3 Å². The van der Waals surface area contributed by atoms with Gasteiger partial charge in [-0.1, -0.05) is 13.8 Å². The molecule has 1 aromatic rings. The summed E-state index contributed by atoms with van der Waals surface area (Å²) in [5, 5.41) is 7.00. The van der Waals surface area contributed by atoms with Crippen LogP contribution in [0.3, 0.4) is 0 Å². The second-order valence-electron chi connectivity index (χ2n) is 2.92. The van der Waals surface area contributed by atoms with Crippen molar-refractivity contribution in [2.24, 2.45) is 0 Å². The number of aryl methyl sites for hydroxylation is 1. The van der Waals surface area contributed by atoms with Crippen LogP contribution in [0.15, 0.2) is 6.07 Å². The lowest BCUT2D eigenvalue weighted by Crippen LogP contribution is -1.91. The fourth-order valence-electron chi connectivity index (χ4n) is 0.948. The first-order chi connectivity index (χ1) is 4.68. The number of hydrogen-bond donors (Lipinski definition) is 1. The average molecular weight is 137 g/mol. The van der Waals surface area contributed by atoms with E-state index in [0.29, 0.717) is 0 Å². The minimum Gasteiger partial charge on any atom is -0.282 e. The van der Waals surface area contributed by atoms with E-state index in [4.69, 9.17) is 0 Å². The largest absolute Gasteiger partial charge is 0.282 e. The average Bonchev–Trinajstić information content (AvgIpc) is 2.13. The van der Waals surface area contributed by atoms with Crippen LogP contribution in [-0.2, 0) is 6.42 Å². The van der Waals surface area contributed by atoms with Gasteiger partial charge in [-0.2, -0.15) is 5.10 Å². The molecule has 1 radical (unpaired) electrons. The van der Waals surface area contributed by atoms with E-state index in [2.05, 4.69) is 30.1 Å². The van der Waals surface area contributed by atoms with Crippen LogP contribution in [-0.4, -0.2) is 10.2 Å². The summed E-state index contributed by atoms with van der Waals surface area (Å²) >= 11 is 0. The van der Waals surface area contributed by atoms with Gasteiger partial charge in [0.2, 0.25) is 0 Å². The van der Waals surface area contributed by atoms with Crippen LogP contribution < -0.4 is 0 Å². The van der Waals surface area contributed by atoms with Crippen molar-refractivity contribution in [2.75, 3.05) is 0 Å². The first-order valence-corrected chi connectivity index (χ1v) is 3.48. The van der Waals surface area contributed by atoms with Crippen molar-refractivity contribution < 1.29 is 0 Å². The summed E-state index contributed by atoms with van der Waals surface area (Å²) in [4.78, 5) is 0. The minimum atomic E-state index is 1.01. The summed E-state index contributed by atoms with van der Waals surface area (Å²) in [5.74, 6) is 1.41. The molecule has 0 bridgehead atoms. The molecule has 1 rings (SSSR count). The molecular formula is C8H13N2. The molecule has 10 heavy (non-hydrogen) atoms. The van der Waals surface area contributed by atoms with E-state index in [1.807, 2.05) is 6.92 Å². The first kappa shape index (κ1) is 7.32. The Morgan fingerprint density at radius 1 is 1.60 bits per heavy atom. The van der Waals surface area contributed by atoms with Gasteiger partial charge in [-0.15, -0.1) is 0 Å². The number of aromatic amines is 1. The summed E-state index contributed by atoms with van der Waals surface area (Å²) in [6.45, 7) is 6.23. The fraction of sp³-hybridized carbons (Fsp3) is 0.500. The Bertz CT molecular complexity index is 201. The number of hydrogen-bond acceptors (Lipinski definition) is 1. The van der Waals surface area contributed by atoms with Gasteiger partial charge < -0.3 is 0 Å². The van der Waals surface area contributed by atoms with Gasteiger partial charge in [0, 0.05) is 5.69 Å². The van der Waals surface area contributed by atoms with Crippen molar-refractivity contribution in [3.05, 3.63) is 23.4 Å². The highest BCUT2D eigenvalue weighted by molar-refractivity contribution is 5.10. The Labute approximate surface area is 61.7 Å². The molecule has 1 N–H and O–H groups in total. The number of nitrogens with zero attached hydrogens (tertiary/aromatic N) is 1. The second-order valence-corrected chi connectivity index (χ2v) is 2.92. The van der Waals surface area contributed by atoms with Gasteiger partial charge >= 0.3 is 0 Å². The molecule has 0 aliphatic carbocycles. The number of H-pyrrole nitrogens is 1. The third kappa shape index (κ3) is 1.87. The van der Waals surface area contributed by atoms with Gasteiger partial charge in [-0.25, -0.2) is 0 Å². The zero-order chi connectivity index (χ0) is 7.56. The molecule has 2 heteroatoms. The molecule has 0 amide bonds. The highest BCUT2D eigenvalue weighted by Crippen LogP contribution is 2.06. The molecule has 0 aromatic carbocycles. The maximum Gasteiger partial charge on any atom is 0.0594 e. The molecular weight excluding hydrogens is 124 g/mol. The van der Waals surface area contributed by atoms with E-state index >= 15 is 0 Å². The van der Waals surface area contributed by atoms with Crippen molar-refractivity contribution >= 4 is 0 Å². The molecule has 0 spiro atoms. The zero-order valence-corrected chi connectivity index (χ0v) is 6.73. The Balaban J connectivity index is 2.58. The Morgan fingerprint density at radius 3 is 2.70 bits per heavy atom. The smallest absolute Gasteiger partial charge is 0.0594 e. The van der Waals surface area contributed by atoms with Crippen LogP contribution in [0.5, 0.6) is 0 Å². The predicted octanol–water partition coefficient (Wildman–Crippen LogP) is 1.87. The van der Waals surface area contributed by atoms with Gasteiger partial charge in [0.05, 0.1) is 5.69 Å². The molecule has 0 aliphatic rings. The van der Waals surface area contributed by atoms with Crippen molar-refractivity contribution in [3.63, 3.8) is 0 Å². The molecule has 0 atom stereocenters. The maximum absolute atomic E-state index is 4.03. The monoisotopic (exact) mass is 137 g/mol. The van der Waals surface area contributed by atoms with E-state index in [0.717, 1.165) is 12.1 Å². The van der Waals surface area contributed by atoms with Crippen molar-refractivity contribution in [1.29, 1.82) is 0 Å². The highest BCUT2D eigenvalue weighted by Gasteiger charge is 1.99. The SMILES string of the molecule is C[C](C)Cc1cc(C)n[nH]1. The third-order valence-corrected chi connectivity index (χ3v) is 1.30. The number of aromatic nitrogens is 2. The summed E-state index contributed by atoms with van der Waals surface area (Å²) in [6.07, 6.45) is 1.01. The van der Waals surface area contributed by atoms with Crippen molar-refractivity contribution in [3.8, 4) is 0 Å². The van der Waals surface area contributed by atoms with Crippen LogP contribution in [0.1, 0.15) is 25.2 Å². The Kier molecular flexibility index (Phi) is 2.10. The summed E-state index contributed by atoms with van der Waals surface area (Å²) < 4.78 is 0. The van der Waals surface area contributed by atoms with Crippen LogP contribution in [0.2, 0.25) is 0 Å². The van der Waals surface area contributed by atoms with Crippen molar-refractivity contribution in [2.45, 2.75) is 27.2 Å². The lowest BCUT2D eigenvalue weighted by Gasteiger charge is -1.97. The Hall–Kier alpha value is -0.790. The molecule has 2 nitrogen and oxygen atoms in total. The molecule has 0 saturated carbocycles. The quantitative estimate of drug-likeness (QED) is 0.662.